The Morgan fingerprint density at radius 2 is 1.59 bits per heavy atom. The molecule has 1 amide bonds. The first-order valence-electron chi connectivity index (χ1n) is 9.29. The van der Waals surface area contributed by atoms with Crippen molar-refractivity contribution in [2.24, 2.45) is 0 Å². The van der Waals surface area contributed by atoms with Crippen molar-refractivity contribution in [3.05, 3.63) is 52.6 Å². The molecule has 1 aromatic carbocycles. The highest BCUT2D eigenvalue weighted by atomic mass is 79.9. The summed E-state index contributed by atoms with van der Waals surface area (Å²) in [6.45, 7) is 6.34. The maximum Gasteiger partial charge on any atom is 0.253 e. The van der Waals surface area contributed by atoms with Gasteiger partial charge in [-0.15, -0.1) is 0 Å². The van der Waals surface area contributed by atoms with E-state index in [1.54, 1.807) is 0 Å². The van der Waals surface area contributed by atoms with Gasteiger partial charge in [-0.2, -0.15) is 0 Å². The molecule has 0 N–H and O–H groups in total. The zero-order valence-electron chi connectivity index (χ0n) is 15.2. The number of anilines is 2. The van der Waals surface area contributed by atoms with Crippen LogP contribution in [-0.2, 0) is 4.74 Å². The number of benzene rings is 1. The van der Waals surface area contributed by atoms with E-state index in [-0.39, 0.29) is 5.91 Å². The zero-order chi connectivity index (χ0) is 18.6. The highest BCUT2D eigenvalue weighted by molar-refractivity contribution is 9.10. The van der Waals surface area contributed by atoms with Gasteiger partial charge in [-0.05, 0) is 52.3 Å². The highest BCUT2D eigenvalue weighted by Crippen LogP contribution is 2.20. The lowest BCUT2D eigenvalue weighted by molar-refractivity contribution is 0.0746. The van der Waals surface area contributed by atoms with E-state index in [9.17, 15) is 4.79 Å². The molecule has 0 bridgehead atoms. The molecular weight excluding hydrogens is 408 g/mol. The minimum absolute atomic E-state index is 0.104. The Balaban J connectivity index is 1.35. The third-order valence-corrected chi connectivity index (χ3v) is 5.56. The van der Waals surface area contributed by atoms with Gasteiger partial charge in [0.25, 0.3) is 5.91 Å². The molecule has 142 valence electrons. The summed E-state index contributed by atoms with van der Waals surface area (Å²) in [5.74, 6) is 1.06. The Kier molecular flexibility index (Phi) is 5.59. The minimum atomic E-state index is 0.104. The fourth-order valence-electron chi connectivity index (χ4n) is 3.51. The first-order chi connectivity index (χ1) is 13.2. The molecule has 0 spiro atoms. The molecule has 0 saturated carbocycles. The van der Waals surface area contributed by atoms with Crippen LogP contribution in [-0.4, -0.2) is 68.3 Å². The van der Waals surface area contributed by atoms with Crippen molar-refractivity contribution >= 4 is 33.3 Å². The molecule has 6 nitrogen and oxygen atoms in total. The second-order valence-corrected chi connectivity index (χ2v) is 7.68. The van der Waals surface area contributed by atoms with Crippen LogP contribution in [0.2, 0.25) is 0 Å². The van der Waals surface area contributed by atoms with Crippen LogP contribution in [0.3, 0.4) is 0 Å². The number of ether oxygens (including phenoxy) is 1. The van der Waals surface area contributed by atoms with Crippen LogP contribution in [0.15, 0.2) is 47.1 Å². The number of pyridine rings is 1. The third-order valence-electron chi connectivity index (χ3n) is 5.09. The number of hydrogen-bond acceptors (Lipinski definition) is 5. The third kappa shape index (κ3) is 4.25. The SMILES string of the molecule is O=C(c1ccc(N2CCOCC2)cc1)N1CCN(c2ccc(Br)cn2)CC1. The van der Waals surface area contributed by atoms with E-state index >= 15 is 0 Å². The van der Waals surface area contributed by atoms with Gasteiger partial charge in [0.05, 0.1) is 13.2 Å². The van der Waals surface area contributed by atoms with E-state index in [1.807, 2.05) is 47.5 Å². The number of piperazine rings is 1. The van der Waals surface area contributed by atoms with Crippen molar-refractivity contribution in [3.63, 3.8) is 0 Å². The first kappa shape index (κ1) is 18.3. The monoisotopic (exact) mass is 430 g/mol. The van der Waals surface area contributed by atoms with Crippen LogP contribution < -0.4 is 9.80 Å². The van der Waals surface area contributed by atoms with Gasteiger partial charge in [-0.25, -0.2) is 4.98 Å². The van der Waals surface area contributed by atoms with Gasteiger partial charge in [-0.1, -0.05) is 0 Å². The molecule has 0 aliphatic carbocycles. The van der Waals surface area contributed by atoms with E-state index in [4.69, 9.17) is 4.74 Å². The number of carbonyl (C=O) groups is 1. The molecule has 0 atom stereocenters. The number of hydrogen-bond donors (Lipinski definition) is 0. The fourth-order valence-corrected chi connectivity index (χ4v) is 3.75. The molecule has 0 unspecified atom stereocenters. The van der Waals surface area contributed by atoms with Crippen molar-refractivity contribution < 1.29 is 9.53 Å². The van der Waals surface area contributed by atoms with E-state index in [2.05, 4.69) is 30.7 Å². The average Bonchev–Trinajstić information content (AvgIpc) is 2.75. The standard InChI is InChI=1S/C20H23BrN4O2/c21-17-3-6-19(22-15-17)24-7-9-25(10-8-24)20(26)16-1-4-18(5-2-16)23-11-13-27-14-12-23/h1-6,15H,7-14H2. The smallest absolute Gasteiger partial charge is 0.253 e. The van der Waals surface area contributed by atoms with Crippen LogP contribution in [0, 0.1) is 0 Å². The molecule has 4 rings (SSSR count). The maximum atomic E-state index is 12.8. The topological polar surface area (TPSA) is 48.9 Å². The van der Waals surface area contributed by atoms with Gasteiger partial charge in [0, 0.05) is 61.2 Å². The lowest BCUT2D eigenvalue weighted by atomic mass is 10.1. The van der Waals surface area contributed by atoms with E-state index in [0.717, 1.165) is 60.9 Å². The molecule has 2 aromatic rings. The second kappa shape index (κ2) is 8.27. The number of morpholine rings is 1. The fraction of sp³-hybridized carbons (Fsp3) is 0.400. The molecular formula is C20H23BrN4O2. The first-order valence-corrected chi connectivity index (χ1v) is 10.1. The van der Waals surface area contributed by atoms with Gasteiger partial charge >= 0.3 is 0 Å². The predicted molar refractivity (Wildman–Crippen MR) is 110 cm³/mol. The summed E-state index contributed by atoms with van der Waals surface area (Å²) in [5, 5.41) is 0. The Morgan fingerprint density at radius 3 is 2.22 bits per heavy atom. The lowest BCUT2D eigenvalue weighted by Crippen LogP contribution is -2.49. The Morgan fingerprint density at radius 1 is 0.889 bits per heavy atom. The van der Waals surface area contributed by atoms with Crippen molar-refractivity contribution in [2.45, 2.75) is 0 Å². The van der Waals surface area contributed by atoms with Crippen molar-refractivity contribution in [2.75, 3.05) is 62.3 Å². The van der Waals surface area contributed by atoms with Crippen LogP contribution >= 0.6 is 15.9 Å². The van der Waals surface area contributed by atoms with Gasteiger partial charge in [-0.3, -0.25) is 4.79 Å². The van der Waals surface area contributed by atoms with Gasteiger partial charge < -0.3 is 19.4 Å². The lowest BCUT2D eigenvalue weighted by Gasteiger charge is -2.35. The number of aromatic nitrogens is 1. The van der Waals surface area contributed by atoms with Crippen LogP contribution in [0.5, 0.6) is 0 Å². The predicted octanol–water partition coefficient (Wildman–Crippen LogP) is 2.64. The zero-order valence-corrected chi connectivity index (χ0v) is 16.8. The number of amides is 1. The molecule has 1 aromatic heterocycles. The Bertz CT molecular complexity index is 768. The van der Waals surface area contributed by atoms with Crippen LogP contribution in [0.4, 0.5) is 11.5 Å². The van der Waals surface area contributed by atoms with Gasteiger partial charge in [0.15, 0.2) is 0 Å². The minimum Gasteiger partial charge on any atom is -0.378 e. The van der Waals surface area contributed by atoms with Crippen LogP contribution in [0.25, 0.3) is 0 Å². The quantitative estimate of drug-likeness (QED) is 0.748. The molecule has 3 heterocycles. The summed E-state index contributed by atoms with van der Waals surface area (Å²) in [7, 11) is 0. The van der Waals surface area contributed by atoms with E-state index < -0.39 is 0 Å². The van der Waals surface area contributed by atoms with E-state index in [0.29, 0.717) is 13.1 Å². The van der Waals surface area contributed by atoms with Gasteiger partial charge in [0.1, 0.15) is 5.82 Å². The molecule has 0 radical (unpaired) electrons. The molecule has 2 aliphatic rings. The number of halogens is 1. The number of nitrogens with zero attached hydrogens (tertiary/aromatic N) is 4. The Hall–Kier alpha value is -2.12. The summed E-state index contributed by atoms with van der Waals surface area (Å²) in [4.78, 5) is 23.7. The van der Waals surface area contributed by atoms with Crippen molar-refractivity contribution in [1.29, 1.82) is 0 Å². The molecule has 27 heavy (non-hydrogen) atoms. The Labute approximate surface area is 167 Å². The molecule has 2 saturated heterocycles. The second-order valence-electron chi connectivity index (χ2n) is 6.76. The molecule has 7 heteroatoms. The highest BCUT2D eigenvalue weighted by Gasteiger charge is 2.23. The maximum absolute atomic E-state index is 12.8. The van der Waals surface area contributed by atoms with Crippen LogP contribution in [0.1, 0.15) is 10.4 Å². The largest absolute Gasteiger partial charge is 0.378 e. The number of carbonyl (C=O) groups excluding carboxylic acids is 1. The normalized spacial score (nSPS) is 17.9. The van der Waals surface area contributed by atoms with Crippen molar-refractivity contribution in [3.8, 4) is 0 Å². The average molecular weight is 431 g/mol. The van der Waals surface area contributed by atoms with Gasteiger partial charge in [0.2, 0.25) is 0 Å². The number of rotatable bonds is 3. The summed E-state index contributed by atoms with van der Waals surface area (Å²) in [6.07, 6.45) is 1.81. The van der Waals surface area contributed by atoms with E-state index in [1.165, 1.54) is 0 Å². The molecule has 2 aliphatic heterocycles. The molecule has 2 fully saturated rings. The summed E-state index contributed by atoms with van der Waals surface area (Å²) in [5.41, 5.74) is 1.91. The summed E-state index contributed by atoms with van der Waals surface area (Å²) in [6, 6.07) is 12.0. The summed E-state index contributed by atoms with van der Waals surface area (Å²) < 4.78 is 6.37. The summed E-state index contributed by atoms with van der Waals surface area (Å²) >= 11 is 3.41. The van der Waals surface area contributed by atoms with Crippen molar-refractivity contribution in [1.82, 2.24) is 9.88 Å².